The van der Waals surface area contributed by atoms with E-state index in [0.29, 0.717) is 6.61 Å². The molecular formula is C14H21NO. The van der Waals surface area contributed by atoms with Gasteiger partial charge in [-0.25, -0.2) is 0 Å². The molecule has 1 aliphatic rings. The SMILES string of the molecule is COCC(N)C1(c2ccccc2)CCCC1. The molecule has 0 amide bonds. The first-order valence-corrected chi connectivity index (χ1v) is 6.09. The van der Waals surface area contributed by atoms with Gasteiger partial charge in [0, 0.05) is 18.6 Å². The van der Waals surface area contributed by atoms with Gasteiger partial charge in [-0.1, -0.05) is 43.2 Å². The Hall–Kier alpha value is -0.860. The van der Waals surface area contributed by atoms with E-state index in [-0.39, 0.29) is 11.5 Å². The van der Waals surface area contributed by atoms with Gasteiger partial charge in [0.2, 0.25) is 0 Å². The Morgan fingerprint density at radius 3 is 2.44 bits per heavy atom. The molecule has 0 radical (unpaired) electrons. The van der Waals surface area contributed by atoms with Crippen LogP contribution in [0, 0.1) is 0 Å². The minimum atomic E-state index is 0.113. The molecule has 0 aliphatic heterocycles. The quantitative estimate of drug-likeness (QED) is 0.844. The molecule has 16 heavy (non-hydrogen) atoms. The summed E-state index contributed by atoms with van der Waals surface area (Å²) in [5.41, 5.74) is 7.87. The Morgan fingerprint density at radius 1 is 1.25 bits per heavy atom. The lowest BCUT2D eigenvalue weighted by molar-refractivity contribution is 0.144. The van der Waals surface area contributed by atoms with Crippen molar-refractivity contribution in [3.8, 4) is 0 Å². The first-order valence-electron chi connectivity index (χ1n) is 6.09. The highest BCUT2D eigenvalue weighted by Crippen LogP contribution is 2.43. The van der Waals surface area contributed by atoms with Gasteiger partial charge in [0.05, 0.1) is 6.61 Å². The van der Waals surface area contributed by atoms with E-state index < -0.39 is 0 Å². The highest BCUT2D eigenvalue weighted by Gasteiger charge is 2.40. The van der Waals surface area contributed by atoms with Gasteiger partial charge in [0.25, 0.3) is 0 Å². The molecule has 1 saturated carbocycles. The van der Waals surface area contributed by atoms with Gasteiger partial charge in [-0.15, -0.1) is 0 Å². The van der Waals surface area contributed by atoms with E-state index in [9.17, 15) is 0 Å². The Labute approximate surface area is 97.8 Å². The molecule has 0 aromatic heterocycles. The van der Waals surface area contributed by atoms with Crippen LogP contribution in [0.15, 0.2) is 30.3 Å². The first kappa shape index (κ1) is 11.6. The van der Waals surface area contributed by atoms with Crippen molar-refractivity contribution >= 4 is 0 Å². The average Bonchev–Trinajstić information content (AvgIpc) is 2.81. The summed E-state index contributed by atoms with van der Waals surface area (Å²) in [6.45, 7) is 0.648. The zero-order valence-electron chi connectivity index (χ0n) is 9.99. The summed E-state index contributed by atoms with van der Waals surface area (Å²) in [5, 5.41) is 0. The van der Waals surface area contributed by atoms with Crippen LogP contribution in [-0.4, -0.2) is 19.8 Å². The van der Waals surface area contributed by atoms with Crippen LogP contribution in [0.1, 0.15) is 31.2 Å². The van der Waals surface area contributed by atoms with E-state index in [2.05, 4.69) is 30.3 Å². The molecule has 1 aromatic rings. The number of hydrogen-bond acceptors (Lipinski definition) is 2. The first-order chi connectivity index (χ1) is 7.79. The summed E-state index contributed by atoms with van der Waals surface area (Å²) >= 11 is 0. The van der Waals surface area contributed by atoms with Crippen molar-refractivity contribution in [1.82, 2.24) is 0 Å². The molecule has 2 rings (SSSR count). The van der Waals surface area contributed by atoms with Gasteiger partial charge in [0.1, 0.15) is 0 Å². The molecular weight excluding hydrogens is 198 g/mol. The van der Waals surface area contributed by atoms with Crippen molar-refractivity contribution in [3.05, 3.63) is 35.9 Å². The normalized spacial score (nSPS) is 20.9. The van der Waals surface area contributed by atoms with E-state index in [1.165, 1.54) is 31.2 Å². The fraction of sp³-hybridized carbons (Fsp3) is 0.571. The number of ether oxygens (including phenoxy) is 1. The lowest BCUT2D eigenvalue weighted by atomic mass is 9.73. The van der Waals surface area contributed by atoms with Crippen LogP contribution in [0.2, 0.25) is 0 Å². The topological polar surface area (TPSA) is 35.2 Å². The second-order valence-corrected chi connectivity index (χ2v) is 4.79. The van der Waals surface area contributed by atoms with Gasteiger partial charge in [-0.05, 0) is 18.4 Å². The lowest BCUT2D eigenvalue weighted by Crippen LogP contribution is -2.46. The van der Waals surface area contributed by atoms with Gasteiger partial charge >= 0.3 is 0 Å². The fourth-order valence-corrected chi connectivity index (χ4v) is 2.99. The van der Waals surface area contributed by atoms with E-state index in [1.807, 2.05) is 0 Å². The van der Waals surface area contributed by atoms with Crippen molar-refractivity contribution in [2.75, 3.05) is 13.7 Å². The Balaban J connectivity index is 2.28. The molecule has 1 aromatic carbocycles. The van der Waals surface area contributed by atoms with Crippen molar-refractivity contribution in [2.24, 2.45) is 5.73 Å². The smallest absolute Gasteiger partial charge is 0.0622 e. The molecule has 1 atom stereocenters. The molecule has 0 bridgehead atoms. The summed E-state index contributed by atoms with van der Waals surface area (Å²) in [7, 11) is 1.73. The molecule has 2 nitrogen and oxygen atoms in total. The van der Waals surface area contributed by atoms with Gasteiger partial charge in [-0.3, -0.25) is 0 Å². The Morgan fingerprint density at radius 2 is 1.88 bits per heavy atom. The number of nitrogens with two attached hydrogens (primary N) is 1. The zero-order valence-corrected chi connectivity index (χ0v) is 9.99. The summed E-state index contributed by atoms with van der Waals surface area (Å²) in [6, 6.07) is 10.8. The third kappa shape index (κ3) is 2.00. The fourth-order valence-electron chi connectivity index (χ4n) is 2.99. The molecule has 2 heteroatoms. The lowest BCUT2D eigenvalue weighted by Gasteiger charge is -2.35. The maximum Gasteiger partial charge on any atom is 0.0622 e. The van der Waals surface area contributed by atoms with Crippen LogP contribution in [0.5, 0.6) is 0 Å². The van der Waals surface area contributed by atoms with Crippen LogP contribution in [0.4, 0.5) is 0 Å². The van der Waals surface area contributed by atoms with Gasteiger partial charge < -0.3 is 10.5 Å². The summed E-state index contributed by atoms with van der Waals surface area (Å²) in [6.07, 6.45) is 4.96. The van der Waals surface area contributed by atoms with Crippen molar-refractivity contribution in [2.45, 2.75) is 37.1 Å². The minimum Gasteiger partial charge on any atom is -0.383 e. The third-order valence-electron chi connectivity index (χ3n) is 3.90. The highest BCUT2D eigenvalue weighted by atomic mass is 16.5. The average molecular weight is 219 g/mol. The van der Waals surface area contributed by atoms with E-state index in [0.717, 1.165) is 0 Å². The molecule has 2 N–H and O–H groups in total. The largest absolute Gasteiger partial charge is 0.383 e. The monoisotopic (exact) mass is 219 g/mol. The van der Waals surface area contributed by atoms with Gasteiger partial charge in [0.15, 0.2) is 0 Å². The standard InChI is InChI=1S/C14H21NO/c1-16-11-13(15)14(9-5-6-10-14)12-7-3-2-4-8-12/h2-4,7-8,13H,5-6,9-11,15H2,1H3. The zero-order chi connectivity index (χ0) is 11.4. The number of methoxy groups -OCH3 is 1. The van der Waals surface area contributed by atoms with Gasteiger partial charge in [-0.2, -0.15) is 0 Å². The second-order valence-electron chi connectivity index (χ2n) is 4.79. The van der Waals surface area contributed by atoms with E-state index >= 15 is 0 Å². The van der Waals surface area contributed by atoms with Crippen molar-refractivity contribution in [3.63, 3.8) is 0 Å². The summed E-state index contributed by atoms with van der Waals surface area (Å²) < 4.78 is 5.24. The Bertz CT molecular complexity index is 317. The van der Waals surface area contributed by atoms with Crippen molar-refractivity contribution < 1.29 is 4.74 Å². The predicted octanol–water partition coefficient (Wildman–Crippen LogP) is 2.47. The van der Waals surface area contributed by atoms with Crippen molar-refractivity contribution in [1.29, 1.82) is 0 Å². The molecule has 1 unspecified atom stereocenters. The van der Waals surface area contributed by atoms with Crippen LogP contribution in [-0.2, 0) is 10.2 Å². The molecule has 88 valence electrons. The summed E-state index contributed by atoms with van der Waals surface area (Å²) in [5.74, 6) is 0. The van der Waals surface area contributed by atoms with E-state index in [4.69, 9.17) is 10.5 Å². The second kappa shape index (κ2) is 4.98. The maximum atomic E-state index is 6.33. The van der Waals surface area contributed by atoms with Crippen LogP contribution in [0.3, 0.4) is 0 Å². The minimum absolute atomic E-state index is 0.113. The predicted molar refractivity (Wildman–Crippen MR) is 66.4 cm³/mol. The molecule has 0 heterocycles. The molecule has 0 saturated heterocycles. The number of hydrogen-bond donors (Lipinski definition) is 1. The van der Waals surface area contributed by atoms with Crippen LogP contribution >= 0.6 is 0 Å². The third-order valence-corrected chi connectivity index (χ3v) is 3.90. The Kier molecular flexibility index (Phi) is 3.62. The van der Waals surface area contributed by atoms with Crippen LogP contribution in [0.25, 0.3) is 0 Å². The number of rotatable bonds is 4. The maximum absolute atomic E-state index is 6.33. The molecule has 0 spiro atoms. The number of benzene rings is 1. The molecule has 1 aliphatic carbocycles. The van der Waals surface area contributed by atoms with Crippen LogP contribution < -0.4 is 5.73 Å². The summed E-state index contributed by atoms with van der Waals surface area (Å²) in [4.78, 5) is 0. The van der Waals surface area contributed by atoms with E-state index in [1.54, 1.807) is 7.11 Å². The molecule has 1 fully saturated rings. The highest BCUT2D eigenvalue weighted by molar-refractivity contribution is 5.29.